The Morgan fingerprint density at radius 1 is 1.03 bits per heavy atom. The van der Waals surface area contributed by atoms with Gasteiger partial charge in [-0.3, -0.25) is 4.79 Å². The zero-order valence-corrected chi connectivity index (χ0v) is 17.6. The fourth-order valence-corrected chi connectivity index (χ4v) is 3.33. The first-order valence-electron chi connectivity index (χ1n) is 10.5. The number of ether oxygens (including phenoxy) is 2. The van der Waals surface area contributed by atoms with Gasteiger partial charge in [-0.15, -0.1) is 0 Å². The first kappa shape index (κ1) is 21.8. The van der Waals surface area contributed by atoms with E-state index in [-0.39, 0.29) is 10.8 Å². The van der Waals surface area contributed by atoms with Crippen LogP contribution >= 0.6 is 0 Å². The van der Waals surface area contributed by atoms with Gasteiger partial charge in [0.25, 0.3) is 0 Å². The van der Waals surface area contributed by atoms with Crippen LogP contribution in [0, 0.1) is 5.82 Å². The lowest BCUT2D eigenvalue weighted by Crippen LogP contribution is -2.17. The van der Waals surface area contributed by atoms with Crippen molar-refractivity contribution < 1.29 is 13.9 Å². The molecule has 0 saturated carbocycles. The average Bonchev–Trinajstić information content (AvgIpc) is 2.77. The second kappa shape index (κ2) is 10.8. The van der Waals surface area contributed by atoms with Crippen LogP contribution in [0.3, 0.4) is 0 Å². The molecule has 0 atom stereocenters. The Morgan fingerprint density at radius 2 is 1.80 bits per heavy atom. The van der Waals surface area contributed by atoms with E-state index >= 15 is 0 Å². The van der Waals surface area contributed by atoms with Crippen molar-refractivity contribution in [3.8, 4) is 22.6 Å². The molecule has 2 aromatic carbocycles. The molecule has 0 spiro atoms. The molecular weight excluding hydrogens is 383 g/mol. The zero-order chi connectivity index (χ0) is 21.3. The van der Waals surface area contributed by atoms with Crippen molar-refractivity contribution in [3.63, 3.8) is 0 Å². The highest BCUT2D eigenvalue weighted by atomic mass is 19.1. The first-order valence-corrected chi connectivity index (χ1v) is 10.5. The summed E-state index contributed by atoms with van der Waals surface area (Å²) in [4.78, 5) is 16.1. The van der Waals surface area contributed by atoms with E-state index < -0.39 is 5.82 Å². The van der Waals surface area contributed by atoms with E-state index in [0.717, 1.165) is 25.9 Å². The molecule has 1 aromatic heterocycles. The molecule has 2 N–H and O–H groups in total. The van der Waals surface area contributed by atoms with Crippen molar-refractivity contribution in [1.82, 2.24) is 10.3 Å². The third-order valence-corrected chi connectivity index (χ3v) is 5.06. The zero-order valence-electron chi connectivity index (χ0n) is 17.6. The number of hydrogen-bond donors (Lipinski definition) is 2. The highest BCUT2D eigenvalue weighted by Gasteiger charge is 2.15. The summed E-state index contributed by atoms with van der Waals surface area (Å²) in [6.07, 6.45) is 5.86. The lowest BCUT2D eigenvalue weighted by Gasteiger charge is -2.11. The molecular formula is C24H29FN2O3. The van der Waals surface area contributed by atoms with Gasteiger partial charge in [-0.05, 0) is 62.2 Å². The van der Waals surface area contributed by atoms with Gasteiger partial charge in [-0.2, -0.15) is 0 Å². The van der Waals surface area contributed by atoms with Crippen LogP contribution in [-0.4, -0.2) is 31.8 Å². The number of benzene rings is 2. The van der Waals surface area contributed by atoms with Gasteiger partial charge in [-0.25, -0.2) is 4.39 Å². The molecule has 0 amide bonds. The number of pyridine rings is 1. The lowest BCUT2D eigenvalue weighted by atomic mass is 10.0. The molecule has 3 aromatic rings. The number of H-pyrrole nitrogens is 1. The third-order valence-electron chi connectivity index (χ3n) is 5.06. The largest absolute Gasteiger partial charge is 0.497 e. The number of hydrogen-bond acceptors (Lipinski definition) is 4. The summed E-state index contributed by atoms with van der Waals surface area (Å²) in [6.45, 7) is 4.68. The Balaban J connectivity index is 1.74. The maximum atomic E-state index is 14.5. The summed E-state index contributed by atoms with van der Waals surface area (Å²) in [7, 11) is 1.58. The third kappa shape index (κ3) is 5.19. The van der Waals surface area contributed by atoms with Crippen LogP contribution in [0.4, 0.5) is 4.39 Å². The summed E-state index contributed by atoms with van der Waals surface area (Å²) in [5.74, 6) is 0.621. The molecule has 30 heavy (non-hydrogen) atoms. The van der Waals surface area contributed by atoms with Crippen LogP contribution in [0.25, 0.3) is 22.0 Å². The summed E-state index contributed by atoms with van der Waals surface area (Å²) in [5, 5.41) is 3.41. The molecule has 5 nitrogen and oxygen atoms in total. The van der Waals surface area contributed by atoms with Crippen LogP contribution in [0.15, 0.2) is 47.4 Å². The maximum absolute atomic E-state index is 14.5. The molecule has 0 radical (unpaired) electrons. The predicted octanol–water partition coefficient (Wildman–Crippen LogP) is 4.89. The Bertz CT molecular complexity index is 1020. The van der Waals surface area contributed by atoms with E-state index in [1.165, 1.54) is 18.9 Å². The number of aromatic amines is 1. The Labute approximate surface area is 176 Å². The molecule has 0 unspecified atom stereocenters. The minimum Gasteiger partial charge on any atom is -0.497 e. The molecule has 0 aliphatic rings. The van der Waals surface area contributed by atoms with Crippen molar-refractivity contribution in [1.29, 1.82) is 0 Å². The Kier molecular flexibility index (Phi) is 7.85. The normalized spacial score (nSPS) is 11.0. The summed E-state index contributed by atoms with van der Waals surface area (Å²) in [6, 6.07) is 9.96. The molecule has 0 fully saturated rings. The van der Waals surface area contributed by atoms with Gasteiger partial charge in [0.15, 0.2) is 5.43 Å². The smallest absolute Gasteiger partial charge is 0.200 e. The molecule has 160 valence electrons. The first-order chi connectivity index (χ1) is 14.7. The van der Waals surface area contributed by atoms with E-state index in [0.29, 0.717) is 34.7 Å². The van der Waals surface area contributed by atoms with Crippen molar-refractivity contribution >= 4 is 10.9 Å². The van der Waals surface area contributed by atoms with Crippen molar-refractivity contribution in [2.75, 3.05) is 26.8 Å². The van der Waals surface area contributed by atoms with E-state index in [1.54, 1.807) is 43.6 Å². The number of methoxy groups -OCH3 is 1. The number of aromatic nitrogens is 1. The topological polar surface area (TPSA) is 63.4 Å². The van der Waals surface area contributed by atoms with Crippen molar-refractivity contribution in [2.24, 2.45) is 0 Å². The van der Waals surface area contributed by atoms with E-state index in [4.69, 9.17) is 9.47 Å². The quantitative estimate of drug-likeness (QED) is 0.440. The molecule has 0 bridgehead atoms. The number of rotatable bonds is 11. The lowest BCUT2D eigenvalue weighted by molar-refractivity contribution is 0.308. The minimum atomic E-state index is -0.561. The number of unbranched alkanes of at least 4 members (excludes halogenated alkanes) is 2. The monoisotopic (exact) mass is 412 g/mol. The number of nitrogens with one attached hydrogen (secondary N) is 2. The SMILES string of the molecule is CCCCNCCCCOc1ccc(F)c2c(=O)c(-c3ccc(OC)cc3)c[nH]c12. The fraction of sp³-hybridized carbons (Fsp3) is 0.375. The van der Waals surface area contributed by atoms with Crippen LogP contribution in [0.5, 0.6) is 11.5 Å². The van der Waals surface area contributed by atoms with Crippen LogP contribution in [0.2, 0.25) is 0 Å². The summed E-state index contributed by atoms with van der Waals surface area (Å²) >= 11 is 0. The average molecular weight is 413 g/mol. The van der Waals surface area contributed by atoms with Crippen molar-refractivity contribution in [3.05, 3.63) is 58.6 Å². The maximum Gasteiger partial charge on any atom is 0.200 e. The van der Waals surface area contributed by atoms with Gasteiger partial charge in [0, 0.05) is 11.8 Å². The van der Waals surface area contributed by atoms with Crippen LogP contribution in [-0.2, 0) is 0 Å². The molecule has 0 aliphatic carbocycles. The van der Waals surface area contributed by atoms with Gasteiger partial charge in [0.1, 0.15) is 17.3 Å². The van der Waals surface area contributed by atoms with Crippen LogP contribution in [0.1, 0.15) is 32.6 Å². The predicted molar refractivity (Wildman–Crippen MR) is 119 cm³/mol. The molecule has 0 aliphatic heterocycles. The van der Waals surface area contributed by atoms with Crippen LogP contribution < -0.4 is 20.2 Å². The highest BCUT2D eigenvalue weighted by molar-refractivity contribution is 5.88. The molecule has 1 heterocycles. The summed E-state index contributed by atoms with van der Waals surface area (Å²) in [5.41, 5.74) is 1.12. The number of halogens is 1. The van der Waals surface area contributed by atoms with Gasteiger partial charge in [0.05, 0.1) is 24.6 Å². The van der Waals surface area contributed by atoms with E-state index in [1.807, 2.05) is 0 Å². The highest BCUT2D eigenvalue weighted by Crippen LogP contribution is 2.27. The van der Waals surface area contributed by atoms with E-state index in [9.17, 15) is 9.18 Å². The summed E-state index contributed by atoms with van der Waals surface area (Å²) < 4.78 is 25.5. The number of fused-ring (bicyclic) bond motifs is 1. The standard InChI is InChI=1S/C24H29FN2O3/c1-3-4-13-26-14-5-6-15-30-21-12-11-20(25)22-23(21)27-16-19(24(22)28)17-7-9-18(29-2)10-8-17/h7-12,16,26H,3-6,13-15H2,1-2H3,(H,27,28). The van der Waals surface area contributed by atoms with Gasteiger partial charge < -0.3 is 19.8 Å². The fourth-order valence-electron chi connectivity index (χ4n) is 3.33. The minimum absolute atomic E-state index is 0.0158. The Hall–Kier alpha value is -2.86. The second-order valence-corrected chi connectivity index (χ2v) is 7.21. The molecule has 6 heteroatoms. The molecule has 3 rings (SSSR count). The van der Waals surface area contributed by atoms with Gasteiger partial charge in [-0.1, -0.05) is 25.5 Å². The van der Waals surface area contributed by atoms with E-state index in [2.05, 4.69) is 17.2 Å². The Morgan fingerprint density at radius 3 is 2.53 bits per heavy atom. The molecule has 0 saturated heterocycles. The van der Waals surface area contributed by atoms with Gasteiger partial charge in [0.2, 0.25) is 0 Å². The van der Waals surface area contributed by atoms with Gasteiger partial charge >= 0.3 is 0 Å². The van der Waals surface area contributed by atoms with Crippen molar-refractivity contribution in [2.45, 2.75) is 32.6 Å². The second-order valence-electron chi connectivity index (χ2n) is 7.21.